The first-order valence-electron chi connectivity index (χ1n) is 48.2. The molecule has 149 heavy (non-hydrogen) atoms. The molecule has 1 saturated carbocycles. The van der Waals surface area contributed by atoms with Crippen molar-refractivity contribution in [1.82, 2.24) is 84.4 Å². The third-order valence-corrected chi connectivity index (χ3v) is 28.2. The molecule has 762 valence electrons. The molecule has 0 spiro atoms. The lowest BCUT2D eigenvalue weighted by Gasteiger charge is -2.31. The van der Waals surface area contributed by atoms with Gasteiger partial charge in [0.2, 0.25) is 0 Å². The zero-order chi connectivity index (χ0) is 105. The summed E-state index contributed by atoms with van der Waals surface area (Å²) in [6, 6.07) is 38.0. The Labute approximate surface area is 879 Å². The summed E-state index contributed by atoms with van der Waals surface area (Å²) in [5, 5.41) is 15.4. The number of amidine groups is 1. The Morgan fingerprint density at radius 1 is 0.456 bits per heavy atom. The highest BCUT2D eigenvalue weighted by Gasteiger charge is 2.40. The Hall–Kier alpha value is -14.2. The Kier molecular flexibility index (Phi) is 31.9. The number of likely N-dealkylation sites (tertiary alicyclic amines) is 1. The van der Waals surface area contributed by atoms with Gasteiger partial charge in [0, 0.05) is 117 Å². The number of aliphatic imine (C=N–C) groups is 6. The standard InChI is InChI=1S/C21H20N6.C19H19ClFN5O.C18H17ClFN3O.C17H14ClFN6.C16H15ClFN5O.C16H16ClFN4/c22-11-14-5-1-2-6-15(14)17-12-24-20-18(26-17)13-25-21(20)27-10-4-7-16-19(27)8-3-9-23-16;1-19(9-22)5-6-26(10-19)18(27)14-8-24-17-13(25-14)7-23-16(17)11-3-2-4-12(20)15(11)21;19-12-6-4-5-11(15(12)20)16-17-13(9-21-16)23-14(10-22-17)18(24)7-2-1-3-8-18;18-13-3-1-2-12(15(13)19)16-17-14(8-22-16)23-11(7-21-17)9-25-5-4-10(6-20)24-25;1-23(6-5-19)16(24)12-8-21-15-11(22-12)7-20-14(15)9-3-2-4-10(17)13(9)18;1-16(2,8-19)12-7-21-15-11(22-12)6-20-14(15)9-4-3-5-10(17)13(9)18/h1-3,5-6,8-9,12H,4,7,10-11,13,22H2;2-4,8H,5-7,9-10,22H2,1H3;4-6,10,24H,1-3,7-9H2;1-5,7H,6,8-9,20H2;2-4,8H,5-7,19H2,1H3;3-5,7H,6,8,19H2,1-2H3. The van der Waals surface area contributed by atoms with Crippen LogP contribution < -0.4 is 33.6 Å². The van der Waals surface area contributed by atoms with Crippen LogP contribution in [0.1, 0.15) is 217 Å². The highest BCUT2D eigenvalue weighted by Crippen LogP contribution is 2.40. The number of carbonyl (C=O) groups excluding carboxylic acids is 2. The molecule has 1 unspecified atom stereocenters. The van der Waals surface area contributed by atoms with Gasteiger partial charge in [-0.15, -0.1) is 0 Å². The highest BCUT2D eigenvalue weighted by atomic mass is 35.5. The number of carbonyl (C=O) groups is 2. The predicted molar refractivity (Wildman–Crippen MR) is 561 cm³/mol. The van der Waals surface area contributed by atoms with Gasteiger partial charge in [-0.3, -0.25) is 79.1 Å². The van der Waals surface area contributed by atoms with Gasteiger partial charge in [0.1, 0.15) is 51.2 Å². The van der Waals surface area contributed by atoms with Crippen LogP contribution >= 0.6 is 58.0 Å². The van der Waals surface area contributed by atoms with Crippen LogP contribution in [0, 0.1) is 34.5 Å². The fraction of sp³-hybridized carbons (Fsp3) is 0.290. The van der Waals surface area contributed by atoms with Crippen molar-refractivity contribution in [3.05, 3.63) is 379 Å². The first-order valence-corrected chi connectivity index (χ1v) is 50.1. The number of likely N-dealkylation sites (N-methyl/N-ethyl adjacent to an activating group) is 1. The Balaban J connectivity index is 0.000000117. The molecule has 32 nitrogen and oxygen atoms in total. The molecule has 11 N–H and O–H groups in total. The maximum atomic E-state index is 14.3. The number of amides is 2. The van der Waals surface area contributed by atoms with E-state index in [9.17, 15) is 36.6 Å². The molecular formula is C107H101Cl5F5N29O3. The highest BCUT2D eigenvalue weighted by molar-refractivity contribution is 6.33. The number of nitrogens with zero attached hydrogens (tertiary/aromatic N) is 24. The number of benzene rings is 6. The molecule has 8 aliphatic heterocycles. The molecule has 0 radical (unpaired) electrons. The van der Waals surface area contributed by atoms with E-state index >= 15 is 0 Å². The second-order valence-electron chi connectivity index (χ2n) is 37.4. The molecule has 1 saturated heterocycles. The zero-order valence-corrected chi connectivity index (χ0v) is 85.2. The molecule has 14 aromatic rings. The van der Waals surface area contributed by atoms with Gasteiger partial charge in [0.25, 0.3) is 11.8 Å². The number of pyridine rings is 1. The van der Waals surface area contributed by atoms with Gasteiger partial charge >= 0.3 is 0 Å². The normalized spacial score (nSPS) is 16.0. The summed E-state index contributed by atoms with van der Waals surface area (Å²) < 4.78 is 73.0. The molecule has 8 aromatic heterocycles. The summed E-state index contributed by atoms with van der Waals surface area (Å²) in [4.78, 5) is 116. The number of nitrogens with two attached hydrogens (primary N) is 5. The van der Waals surface area contributed by atoms with Gasteiger partial charge in [-0.25, -0.2) is 51.9 Å². The second-order valence-corrected chi connectivity index (χ2v) is 39.4. The number of halogens is 10. The lowest BCUT2D eigenvalue weighted by molar-refractivity contribution is -0.00514. The van der Waals surface area contributed by atoms with Crippen molar-refractivity contribution in [3.63, 3.8) is 0 Å². The predicted octanol–water partition coefficient (Wildman–Crippen LogP) is 15.7. The van der Waals surface area contributed by atoms with E-state index in [2.05, 4.69) is 103 Å². The first kappa shape index (κ1) is 105. The van der Waals surface area contributed by atoms with Gasteiger partial charge in [-0.2, -0.15) is 5.10 Å². The molecular weight excluding hydrogens is 2010 g/mol. The molecule has 0 bridgehead atoms. The Bertz CT molecular complexity index is 7730. The first-order chi connectivity index (χ1) is 72.0. The maximum absolute atomic E-state index is 14.3. The van der Waals surface area contributed by atoms with Gasteiger partial charge in [0.05, 0.1) is 204 Å². The van der Waals surface area contributed by atoms with Crippen molar-refractivity contribution in [2.45, 2.75) is 142 Å². The van der Waals surface area contributed by atoms with E-state index in [1.54, 1.807) is 95.9 Å². The molecule has 2 fully saturated rings. The average Bonchev–Trinajstić information content (AvgIpc) is 1.68. The third-order valence-electron chi connectivity index (χ3n) is 26.7. The quantitative estimate of drug-likeness (QED) is 0.0434. The van der Waals surface area contributed by atoms with Crippen LogP contribution in [-0.4, -0.2) is 189 Å². The van der Waals surface area contributed by atoms with Crippen molar-refractivity contribution in [2.75, 3.05) is 57.8 Å². The number of aryl methyl sites for hydroxylation is 1. The van der Waals surface area contributed by atoms with Crippen LogP contribution in [0.15, 0.2) is 213 Å². The average molecular weight is 2110 g/mol. The van der Waals surface area contributed by atoms with Gasteiger partial charge in [-0.1, -0.05) is 153 Å². The second kappa shape index (κ2) is 45.5. The van der Waals surface area contributed by atoms with E-state index in [1.165, 1.54) is 47.6 Å². The molecule has 9 aliphatic rings. The summed E-state index contributed by atoms with van der Waals surface area (Å²) in [6.07, 6.45) is 20.8. The minimum Gasteiger partial charge on any atom is -0.383 e. The number of anilines is 1. The van der Waals surface area contributed by atoms with Crippen molar-refractivity contribution >= 4 is 110 Å². The molecule has 6 aromatic carbocycles. The van der Waals surface area contributed by atoms with Gasteiger partial charge in [0.15, 0.2) is 34.9 Å². The number of aromatic nitrogens is 15. The van der Waals surface area contributed by atoms with Crippen LogP contribution in [0.3, 0.4) is 0 Å². The minimum atomic E-state index is -0.898. The zero-order valence-electron chi connectivity index (χ0n) is 81.5. The van der Waals surface area contributed by atoms with Crippen LogP contribution in [0.5, 0.6) is 0 Å². The topological polar surface area (TPSA) is 454 Å². The number of hydrogen-bond donors (Lipinski definition) is 6. The maximum Gasteiger partial charge on any atom is 0.274 e. The molecule has 23 rings (SSSR count). The van der Waals surface area contributed by atoms with E-state index in [1.807, 2.05) is 68.8 Å². The monoisotopic (exact) mass is 2110 g/mol. The van der Waals surface area contributed by atoms with Gasteiger partial charge < -0.3 is 48.5 Å². The van der Waals surface area contributed by atoms with Gasteiger partial charge in [-0.05, 0) is 128 Å². The van der Waals surface area contributed by atoms with Crippen molar-refractivity contribution in [2.24, 2.45) is 64.0 Å². The smallest absolute Gasteiger partial charge is 0.274 e. The Morgan fingerprint density at radius 2 is 0.926 bits per heavy atom. The number of fused-ring (bicyclic) bond motifs is 7. The summed E-state index contributed by atoms with van der Waals surface area (Å²) in [6.45, 7) is 13.6. The van der Waals surface area contributed by atoms with E-state index in [4.69, 9.17) is 102 Å². The van der Waals surface area contributed by atoms with Crippen molar-refractivity contribution < 1.29 is 36.6 Å². The van der Waals surface area contributed by atoms with Crippen molar-refractivity contribution in [1.29, 1.82) is 0 Å². The van der Waals surface area contributed by atoms with Crippen LogP contribution in [0.4, 0.5) is 27.6 Å². The molecule has 1 atom stereocenters. The summed E-state index contributed by atoms with van der Waals surface area (Å²) in [7, 11) is 1.65. The minimum absolute atomic E-state index is 0.0202. The molecule has 2 amide bonds. The molecule has 1 aliphatic carbocycles. The summed E-state index contributed by atoms with van der Waals surface area (Å²) >= 11 is 29.3. The summed E-state index contributed by atoms with van der Waals surface area (Å²) in [5.41, 5.74) is 47.6. The number of aliphatic hydroxyl groups is 1. The van der Waals surface area contributed by atoms with Crippen LogP contribution in [-0.2, 0) is 76.3 Å². The van der Waals surface area contributed by atoms with Crippen molar-refractivity contribution in [3.8, 4) is 11.3 Å². The number of hydrogen-bond acceptors (Lipinski definition) is 29. The third kappa shape index (κ3) is 22.3. The van der Waals surface area contributed by atoms with E-state index in [-0.39, 0.29) is 83.4 Å². The lowest BCUT2D eigenvalue weighted by atomic mass is 9.82. The van der Waals surface area contributed by atoms with E-state index < -0.39 is 34.7 Å². The largest absolute Gasteiger partial charge is 0.383 e. The lowest BCUT2D eigenvalue weighted by Crippen LogP contribution is -2.36. The van der Waals surface area contributed by atoms with E-state index in [0.717, 1.165) is 119 Å². The molecule has 16 heterocycles. The Morgan fingerprint density at radius 3 is 1.44 bits per heavy atom. The van der Waals surface area contributed by atoms with E-state index in [0.29, 0.717) is 194 Å². The van der Waals surface area contributed by atoms with Crippen LogP contribution in [0.25, 0.3) is 11.3 Å². The molecule has 42 heteroatoms. The fourth-order valence-electron chi connectivity index (χ4n) is 18.3. The SMILES string of the molecule is CC(C)(CN)c1cnc2c(n1)CN=C2c1cccc(Cl)c1F.CC1(CN)CCN(C(=O)c2cnc3c(n2)CN=C3c2cccc(Cl)c2F)C1.CN(CCN)C(=O)c1cnc2c(n1)CN=C2c1cccc(Cl)c1F.NCc1ccccc1-c1cnc2c(n1)CN=C2N1CCCc2ncccc21.NCc1ccn(Cc2cnc3c(n2)CN=C3c2cccc(Cl)c2F)n1.OC1(c2cnc3c(n2)CN=C3c2cccc(Cl)c2F)CCCCC1. The van der Waals surface area contributed by atoms with Crippen LogP contribution in [0.2, 0.25) is 25.1 Å². The summed E-state index contributed by atoms with van der Waals surface area (Å²) in [5.74, 6) is -2.08. The number of rotatable bonds is 18. The fourth-order valence-corrected chi connectivity index (χ4v) is 19.2.